The maximum absolute atomic E-state index is 11.5. The fourth-order valence-corrected chi connectivity index (χ4v) is 1.72. The van der Waals surface area contributed by atoms with Crippen LogP contribution in [0.5, 0.6) is 0 Å². The first-order valence-corrected chi connectivity index (χ1v) is 5.82. The van der Waals surface area contributed by atoms with Gasteiger partial charge in [0.05, 0.1) is 17.0 Å². The van der Waals surface area contributed by atoms with Gasteiger partial charge in [0.25, 0.3) is 0 Å². The van der Waals surface area contributed by atoms with Crippen LogP contribution in [0.4, 0.5) is 10.5 Å². The van der Waals surface area contributed by atoms with E-state index in [4.69, 9.17) is 32.4 Å². The average molecular weight is 286 g/mol. The molecule has 0 fully saturated rings. The van der Waals surface area contributed by atoms with Gasteiger partial charge >= 0.3 is 6.09 Å². The van der Waals surface area contributed by atoms with Crippen molar-refractivity contribution in [2.75, 3.05) is 5.32 Å². The van der Waals surface area contributed by atoms with Crippen LogP contribution in [0, 0.1) is 0 Å². The molecular formula is C12H9Cl2NO3. The van der Waals surface area contributed by atoms with Gasteiger partial charge in [-0.2, -0.15) is 0 Å². The van der Waals surface area contributed by atoms with Crippen LogP contribution in [0.15, 0.2) is 41.0 Å². The van der Waals surface area contributed by atoms with E-state index in [1.54, 1.807) is 24.3 Å². The number of hydrogen-bond acceptors (Lipinski definition) is 3. The van der Waals surface area contributed by atoms with Crippen molar-refractivity contribution in [3.8, 4) is 0 Å². The smallest absolute Gasteiger partial charge is 0.412 e. The van der Waals surface area contributed by atoms with Crippen molar-refractivity contribution >= 4 is 35.0 Å². The van der Waals surface area contributed by atoms with Crippen LogP contribution in [0.3, 0.4) is 0 Å². The summed E-state index contributed by atoms with van der Waals surface area (Å²) < 4.78 is 9.97. The number of anilines is 1. The first-order valence-electron chi connectivity index (χ1n) is 5.06. The second-order valence-electron chi connectivity index (χ2n) is 3.40. The van der Waals surface area contributed by atoms with Crippen LogP contribution in [0.2, 0.25) is 10.0 Å². The van der Waals surface area contributed by atoms with Crippen molar-refractivity contribution in [2.24, 2.45) is 0 Å². The number of carbonyl (C=O) groups is 1. The largest absolute Gasteiger partial charge is 0.466 e. The number of carbonyl (C=O) groups excluding carboxylic acids is 1. The van der Waals surface area contributed by atoms with Crippen LogP contribution >= 0.6 is 23.2 Å². The summed E-state index contributed by atoms with van der Waals surface area (Å²) in [5.41, 5.74) is 0.436. The molecule has 2 aromatic rings. The highest BCUT2D eigenvalue weighted by molar-refractivity contribution is 6.36. The third kappa shape index (κ3) is 3.42. The van der Waals surface area contributed by atoms with Crippen molar-refractivity contribution in [1.29, 1.82) is 0 Å². The second kappa shape index (κ2) is 5.80. The number of amides is 1. The van der Waals surface area contributed by atoms with Crippen LogP contribution in [-0.2, 0) is 11.3 Å². The number of ether oxygens (including phenoxy) is 1. The van der Waals surface area contributed by atoms with Crippen LogP contribution in [0.1, 0.15) is 5.76 Å². The Kier molecular flexibility index (Phi) is 4.12. The predicted molar refractivity (Wildman–Crippen MR) is 69.0 cm³/mol. The normalized spacial score (nSPS) is 10.1. The summed E-state index contributed by atoms with van der Waals surface area (Å²) in [6.07, 6.45) is 0.891. The SMILES string of the molecule is O=C(Nc1ccc(Cl)cc1Cl)OCc1ccco1. The zero-order valence-corrected chi connectivity index (χ0v) is 10.7. The van der Waals surface area contributed by atoms with E-state index < -0.39 is 6.09 Å². The summed E-state index contributed by atoms with van der Waals surface area (Å²) in [6.45, 7) is 0.0596. The summed E-state index contributed by atoms with van der Waals surface area (Å²) in [5, 5.41) is 3.35. The molecule has 1 aromatic carbocycles. The third-order valence-electron chi connectivity index (χ3n) is 2.09. The van der Waals surface area contributed by atoms with Gasteiger partial charge < -0.3 is 9.15 Å². The molecule has 2 rings (SSSR count). The molecule has 1 aromatic heterocycles. The summed E-state index contributed by atoms with van der Waals surface area (Å²) in [5.74, 6) is 0.562. The molecule has 1 amide bonds. The van der Waals surface area contributed by atoms with Gasteiger partial charge in [-0.1, -0.05) is 23.2 Å². The standard InChI is InChI=1S/C12H9Cl2NO3/c13-8-3-4-11(10(14)6-8)15-12(16)18-7-9-2-1-5-17-9/h1-6H,7H2,(H,15,16). The van der Waals surface area contributed by atoms with Gasteiger partial charge in [0.15, 0.2) is 6.61 Å². The van der Waals surface area contributed by atoms with E-state index in [0.29, 0.717) is 21.5 Å². The highest BCUT2D eigenvalue weighted by Gasteiger charge is 2.08. The summed E-state index contributed by atoms with van der Waals surface area (Å²) >= 11 is 11.6. The molecule has 4 nitrogen and oxygen atoms in total. The molecule has 0 radical (unpaired) electrons. The van der Waals surface area contributed by atoms with Gasteiger partial charge in [-0.05, 0) is 30.3 Å². The van der Waals surface area contributed by atoms with Crippen LogP contribution in [0.25, 0.3) is 0 Å². The van der Waals surface area contributed by atoms with E-state index in [9.17, 15) is 4.79 Å². The predicted octanol–water partition coefficient (Wildman–Crippen LogP) is 4.34. The molecule has 0 aliphatic rings. The third-order valence-corrected chi connectivity index (χ3v) is 2.64. The molecule has 0 unspecified atom stereocenters. The number of furan rings is 1. The Labute approximate surface area is 113 Å². The van der Waals surface area contributed by atoms with Crippen molar-refractivity contribution < 1.29 is 13.9 Å². The zero-order chi connectivity index (χ0) is 13.0. The molecule has 0 saturated carbocycles. The van der Waals surface area contributed by atoms with Gasteiger partial charge in [0.2, 0.25) is 0 Å². The van der Waals surface area contributed by atoms with E-state index >= 15 is 0 Å². The Morgan fingerprint density at radius 1 is 1.33 bits per heavy atom. The molecule has 0 bridgehead atoms. The van der Waals surface area contributed by atoms with Crippen molar-refractivity contribution in [2.45, 2.75) is 6.61 Å². The van der Waals surface area contributed by atoms with Gasteiger partial charge in [0.1, 0.15) is 5.76 Å². The number of hydrogen-bond donors (Lipinski definition) is 1. The number of benzene rings is 1. The lowest BCUT2D eigenvalue weighted by Crippen LogP contribution is -2.13. The topological polar surface area (TPSA) is 51.5 Å². The summed E-state index contributed by atoms with van der Waals surface area (Å²) in [4.78, 5) is 11.5. The van der Waals surface area contributed by atoms with Gasteiger partial charge in [-0.15, -0.1) is 0 Å². The Morgan fingerprint density at radius 3 is 2.83 bits per heavy atom. The molecule has 0 saturated heterocycles. The minimum atomic E-state index is -0.615. The van der Waals surface area contributed by atoms with Gasteiger partial charge in [-0.3, -0.25) is 5.32 Å². The first-order chi connectivity index (χ1) is 8.65. The fraction of sp³-hybridized carbons (Fsp3) is 0.0833. The molecular weight excluding hydrogens is 277 g/mol. The summed E-state index contributed by atoms with van der Waals surface area (Å²) in [7, 11) is 0. The van der Waals surface area contributed by atoms with Gasteiger partial charge in [-0.25, -0.2) is 4.79 Å². The monoisotopic (exact) mass is 285 g/mol. The Morgan fingerprint density at radius 2 is 2.17 bits per heavy atom. The van der Waals surface area contributed by atoms with E-state index in [2.05, 4.69) is 5.32 Å². The molecule has 0 atom stereocenters. The molecule has 6 heteroatoms. The maximum atomic E-state index is 11.5. The number of halogens is 2. The summed E-state index contributed by atoms with van der Waals surface area (Å²) in [6, 6.07) is 8.18. The minimum Gasteiger partial charge on any atom is -0.466 e. The molecule has 18 heavy (non-hydrogen) atoms. The molecule has 1 N–H and O–H groups in total. The minimum absolute atomic E-state index is 0.0596. The first kappa shape index (κ1) is 12.8. The molecule has 0 aliphatic heterocycles. The Bertz CT molecular complexity index is 540. The van der Waals surface area contributed by atoms with Crippen molar-refractivity contribution in [1.82, 2.24) is 0 Å². The quantitative estimate of drug-likeness (QED) is 0.913. The lowest BCUT2D eigenvalue weighted by Gasteiger charge is -2.07. The van der Waals surface area contributed by atoms with E-state index in [-0.39, 0.29) is 6.61 Å². The van der Waals surface area contributed by atoms with E-state index in [0.717, 1.165) is 0 Å². The lowest BCUT2D eigenvalue weighted by atomic mass is 10.3. The molecule has 0 aliphatic carbocycles. The molecule has 1 heterocycles. The number of nitrogens with one attached hydrogen (secondary N) is 1. The van der Waals surface area contributed by atoms with Crippen LogP contribution < -0.4 is 5.32 Å². The second-order valence-corrected chi connectivity index (χ2v) is 4.25. The van der Waals surface area contributed by atoms with Crippen molar-refractivity contribution in [3.05, 3.63) is 52.4 Å². The highest BCUT2D eigenvalue weighted by Crippen LogP contribution is 2.25. The Hall–Kier alpha value is -1.65. The molecule has 94 valence electrons. The highest BCUT2D eigenvalue weighted by atomic mass is 35.5. The molecule has 0 spiro atoms. The maximum Gasteiger partial charge on any atom is 0.412 e. The number of rotatable bonds is 3. The zero-order valence-electron chi connectivity index (χ0n) is 9.15. The van der Waals surface area contributed by atoms with Gasteiger partial charge in [0, 0.05) is 5.02 Å². The van der Waals surface area contributed by atoms with E-state index in [1.165, 1.54) is 12.3 Å². The fourth-order valence-electron chi connectivity index (χ4n) is 1.27. The Balaban J connectivity index is 1.91. The lowest BCUT2D eigenvalue weighted by molar-refractivity contribution is 0.146. The van der Waals surface area contributed by atoms with Crippen molar-refractivity contribution in [3.63, 3.8) is 0 Å². The van der Waals surface area contributed by atoms with Crippen LogP contribution in [-0.4, -0.2) is 6.09 Å². The average Bonchev–Trinajstić information content (AvgIpc) is 2.83. The van der Waals surface area contributed by atoms with E-state index in [1.807, 2.05) is 0 Å².